The SMILES string of the molecule is CSC1CCC(NS(=O)(=O)c2ccccc2)CC1. The minimum atomic E-state index is -3.34. The Labute approximate surface area is 113 Å². The van der Waals surface area contributed by atoms with E-state index < -0.39 is 10.0 Å². The number of nitrogens with one attached hydrogen (secondary N) is 1. The minimum absolute atomic E-state index is 0.0959. The zero-order valence-electron chi connectivity index (χ0n) is 10.5. The molecule has 0 bridgehead atoms. The number of hydrogen-bond acceptors (Lipinski definition) is 3. The zero-order valence-corrected chi connectivity index (χ0v) is 12.1. The van der Waals surface area contributed by atoms with Crippen LogP contribution in [0.3, 0.4) is 0 Å². The van der Waals surface area contributed by atoms with Gasteiger partial charge in [0.2, 0.25) is 10.0 Å². The molecular weight excluding hydrogens is 266 g/mol. The highest BCUT2D eigenvalue weighted by molar-refractivity contribution is 7.99. The van der Waals surface area contributed by atoms with Gasteiger partial charge in [-0.05, 0) is 44.1 Å². The van der Waals surface area contributed by atoms with Crippen molar-refractivity contribution in [2.75, 3.05) is 6.26 Å². The Bertz CT molecular complexity index is 465. The number of hydrogen-bond donors (Lipinski definition) is 1. The van der Waals surface area contributed by atoms with Gasteiger partial charge in [-0.15, -0.1) is 0 Å². The summed E-state index contributed by atoms with van der Waals surface area (Å²) in [5, 5.41) is 0.697. The van der Waals surface area contributed by atoms with Crippen molar-refractivity contribution < 1.29 is 8.42 Å². The Kier molecular flexibility index (Phi) is 4.70. The molecular formula is C13H19NO2S2. The molecule has 1 N–H and O–H groups in total. The van der Waals surface area contributed by atoms with Crippen LogP contribution in [-0.4, -0.2) is 26.0 Å². The third kappa shape index (κ3) is 3.49. The fourth-order valence-corrected chi connectivity index (χ4v) is 4.37. The molecule has 100 valence electrons. The molecule has 1 saturated carbocycles. The molecule has 1 aliphatic rings. The number of thioether (sulfide) groups is 1. The summed E-state index contributed by atoms with van der Waals surface area (Å²) in [6, 6.07) is 8.69. The van der Waals surface area contributed by atoms with Crippen LogP contribution in [0, 0.1) is 0 Å². The van der Waals surface area contributed by atoms with E-state index >= 15 is 0 Å². The molecule has 0 atom stereocenters. The summed E-state index contributed by atoms with van der Waals surface area (Å²) in [4.78, 5) is 0.358. The Morgan fingerprint density at radius 3 is 2.28 bits per heavy atom. The fourth-order valence-electron chi connectivity index (χ4n) is 2.30. The van der Waals surface area contributed by atoms with E-state index in [9.17, 15) is 8.42 Å². The first-order valence-electron chi connectivity index (χ1n) is 6.22. The monoisotopic (exact) mass is 285 g/mol. The van der Waals surface area contributed by atoms with Crippen molar-refractivity contribution in [1.82, 2.24) is 4.72 Å². The lowest BCUT2D eigenvalue weighted by Crippen LogP contribution is -2.38. The van der Waals surface area contributed by atoms with Gasteiger partial charge in [0, 0.05) is 11.3 Å². The Hall–Kier alpha value is -0.520. The summed E-state index contributed by atoms with van der Waals surface area (Å²) < 4.78 is 27.1. The van der Waals surface area contributed by atoms with Crippen LogP contribution in [0.25, 0.3) is 0 Å². The number of sulfonamides is 1. The largest absolute Gasteiger partial charge is 0.240 e. The molecule has 0 spiro atoms. The Morgan fingerprint density at radius 1 is 1.11 bits per heavy atom. The maximum Gasteiger partial charge on any atom is 0.240 e. The molecule has 0 unspecified atom stereocenters. The van der Waals surface area contributed by atoms with Gasteiger partial charge in [0.05, 0.1) is 4.90 Å². The van der Waals surface area contributed by atoms with E-state index in [4.69, 9.17) is 0 Å². The van der Waals surface area contributed by atoms with Crippen molar-refractivity contribution in [3.8, 4) is 0 Å². The van der Waals surface area contributed by atoms with Gasteiger partial charge in [-0.3, -0.25) is 0 Å². The predicted octanol–water partition coefficient (Wildman–Crippen LogP) is 2.64. The van der Waals surface area contributed by atoms with E-state index in [1.54, 1.807) is 24.3 Å². The summed E-state index contributed by atoms with van der Waals surface area (Å²) in [6.45, 7) is 0. The average molecular weight is 285 g/mol. The molecule has 18 heavy (non-hydrogen) atoms. The van der Waals surface area contributed by atoms with Crippen molar-refractivity contribution in [3.05, 3.63) is 30.3 Å². The maximum absolute atomic E-state index is 12.1. The van der Waals surface area contributed by atoms with Crippen LogP contribution in [0.1, 0.15) is 25.7 Å². The molecule has 0 aliphatic heterocycles. The fraction of sp³-hybridized carbons (Fsp3) is 0.538. The van der Waals surface area contributed by atoms with Crippen molar-refractivity contribution >= 4 is 21.8 Å². The topological polar surface area (TPSA) is 46.2 Å². The summed E-state index contributed by atoms with van der Waals surface area (Å²) >= 11 is 1.88. The highest BCUT2D eigenvalue weighted by Crippen LogP contribution is 2.27. The van der Waals surface area contributed by atoms with Crippen LogP contribution in [0.15, 0.2) is 35.2 Å². The molecule has 1 aliphatic carbocycles. The van der Waals surface area contributed by atoms with E-state index in [2.05, 4.69) is 11.0 Å². The van der Waals surface area contributed by atoms with Crippen LogP contribution in [-0.2, 0) is 10.0 Å². The Balaban J connectivity index is 1.98. The molecule has 1 aromatic carbocycles. The molecule has 1 aromatic rings. The van der Waals surface area contributed by atoms with Gasteiger partial charge in [0.15, 0.2) is 0 Å². The van der Waals surface area contributed by atoms with Gasteiger partial charge in [-0.25, -0.2) is 13.1 Å². The number of rotatable bonds is 4. The second kappa shape index (κ2) is 6.08. The van der Waals surface area contributed by atoms with Crippen LogP contribution < -0.4 is 4.72 Å². The van der Waals surface area contributed by atoms with Crippen LogP contribution in [0.4, 0.5) is 0 Å². The van der Waals surface area contributed by atoms with E-state index in [1.807, 2.05) is 17.8 Å². The molecule has 0 amide bonds. The third-order valence-electron chi connectivity index (χ3n) is 3.38. The summed E-state index contributed by atoms with van der Waals surface area (Å²) in [7, 11) is -3.34. The first kappa shape index (κ1) is 13.9. The zero-order chi connectivity index (χ0) is 13.0. The number of benzene rings is 1. The van der Waals surface area contributed by atoms with Crippen molar-refractivity contribution in [2.45, 2.75) is 41.9 Å². The lowest BCUT2D eigenvalue weighted by atomic mass is 9.96. The van der Waals surface area contributed by atoms with E-state index in [-0.39, 0.29) is 6.04 Å². The van der Waals surface area contributed by atoms with Gasteiger partial charge in [0.25, 0.3) is 0 Å². The first-order valence-corrected chi connectivity index (χ1v) is 8.99. The van der Waals surface area contributed by atoms with Gasteiger partial charge in [0.1, 0.15) is 0 Å². The van der Waals surface area contributed by atoms with Crippen molar-refractivity contribution in [2.24, 2.45) is 0 Å². The van der Waals surface area contributed by atoms with Gasteiger partial charge >= 0.3 is 0 Å². The van der Waals surface area contributed by atoms with Gasteiger partial charge in [-0.1, -0.05) is 18.2 Å². The quantitative estimate of drug-likeness (QED) is 0.925. The maximum atomic E-state index is 12.1. The molecule has 0 radical (unpaired) electrons. The third-order valence-corrected chi connectivity index (χ3v) is 6.06. The van der Waals surface area contributed by atoms with Gasteiger partial charge in [-0.2, -0.15) is 11.8 Å². The summed E-state index contributed by atoms with van der Waals surface area (Å²) in [5.41, 5.74) is 0. The molecule has 2 rings (SSSR count). The highest BCUT2D eigenvalue weighted by Gasteiger charge is 2.25. The smallest absolute Gasteiger partial charge is 0.208 e. The van der Waals surface area contributed by atoms with Crippen LogP contribution in [0.5, 0.6) is 0 Å². The van der Waals surface area contributed by atoms with Crippen molar-refractivity contribution in [3.63, 3.8) is 0 Å². The highest BCUT2D eigenvalue weighted by atomic mass is 32.2. The Morgan fingerprint density at radius 2 is 1.72 bits per heavy atom. The summed E-state index contributed by atoms with van der Waals surface area (Å²) in [5.74, 6) is 0. The summed E-state index contributed by atoms with van der Waals surface area (Å²) in [6.07, 6.45) is 6.21. The normalized spacial score (nSPS) is 24.9. The lowest BCUT2D eigenvalue weighted by molar-refractivity contribution is 0.420. The lowest BCUT2D eigenvalue weighted by Gasteiger charge is -2.27. The van der Waals surface area contributed by atoms with E-state index in [0.717, 1.165) is 25.7 Å². The second-order valence-electron chi connectivity index (χ2n) is 4.64. The van der Waals surface area contributed by atoms with Crippen molar-refractivity contribution in [1.29, 1.82) is 0 Å². The van der Waals surface area contributed by atoms with Crippen LogP contribution >= 0.6 is 11.8 Å². The van der Waals surface area contributed by atoms with Gasteiger partial charge < -0.3 is 0 Å². The second-order valence-corrected chi connectivity index (χ2v) is 7.50. The average Bonchev–Trinajstić information content (AvgIpc) is 2.40. The molecule has 1 fully saturated rings. The standard InChI is InChI=1S/C13H19NO2S2/c1-17-12-9-7-11(8-10-12)14-18(15,16)13-5-3-2-4-6-13/h2-6,11-12,14H,7-10H2,1H3. The molecule has 3 nitrogen and oxygen atoms in total. The minimum Gasteiger partial charge on any atom is -0.208 e. The molecule has 0 saturated heterocycles. The van der Waals surface area contributed by atoms with Crippen LogP contribution in [0.2, 0.25) is 0 Å². The first-order chi connectivity index (χ1) is 8.62. The molecule has 0 aromatic heterocycles. The van der Waals surface area contributed by atoms with E-state index in [0.29, 0.717) is 10.1 Å². The van der Waals surface area contributed by atoms with E-state index in [1.165, 1.54) is 0 Å². The molecule has 0 heterocycles. The predicted molar refractivity (Wildman–Crippen MR) is 76.3 cm³/mol. The molecule has 5 heteroatoms.